The molecule has 1 aliphatic carbocycles. The highest BCUT2D eigenvalue weighted by Gasteiger charge is 2.29. The van der Waals surface area contributed by atoms with Crippen molar-refractivity contribution in [2.24, 2.45) is 0 Å². The Bertz CT molecular complexity index is 646. The van der Waals surface area contributed by atoms with Gasteiger partial charge in [-0.15, -0.1) is 0 Å². The lowest BCUT2D eigenvalue weighted by molar-refractivity contribution is 0.0603. The first kappa shape index (κ1) is 11.5. The van der Waals surface area contributed by atoms with E-state index in [1.54, 1.807) is 0 Å². The summed E-state index contributed by atoms with van der Waals surface area (Å²) in [7, 11) is 1.35. The van der Waals surface area contributed by atoms with E-state index in [2.05, 4.69) is 10.1 Å². The minimum atomic E-state index is -0.414. The summed E-state index contributed by atoms with van der Waals surface area (Å²) < 4.78 is 6.64. The zero-order valence-electron chi connectivity index (χ0n) is 10.1. The summed E-state index contributed by atoms with van der Waals surface area (Å²) in [4.78, 5) is 16.1. The molecule has 0 radical (unpaired) electrons. The number of pyridine rings is 1. The fourth-order valence-electron chi connectivity index (χ4n) is 2.13. The van der Waals surface area contributed by atoms with Crippen molar-refractivity contribution in [2.75, 3.05) is 7.11 Å². The van der Waals surface area contributed by atoms with Crippen molar-refractivity contribution in [1.29, 1.82) is 0 Å². The number of aromatic nitrogens is 3. The summed E-state index contributed by atoms with van der Waals surface area (Å²) in [6.07, 6.45) is 2.19. The van der Waals surface area contributed by atoms with Crippen LogP contribution < -0.4 is 0 Å². The number of ether oxygens (including phenoxy) is 1. The van der Waals surface area contributed by atoms with Crippen molar-refractivity contribution in [3.8, 4) is 0 Å². The molecule has 0 unspecified atom stereocenters. The number of carbonyl (C=O) groups is 1. The van der Waals surface area contributed by atoms with Crippen molar-refractivity contribution >= 4 is 28.6 Å². The van der Waals surface area contributed by atoms with Gasteiger partial charge in [-0.3, -0.25) is 0 Å². The molecule has 0 aliphatic heterocycles. The highest BCUT2D eigenvalue weighted by atomic mass is 35.5. The molecule has 0 spiro atoms. The van der Waals surface area contributed by atoms with Crippen LogP contribution in [0.4, 0.5) is 0 Å². The van der Waals surface area contributed by atoms with Gasteiger partial charge in [0.2, 0.25) is 0 Å². The van der Waals surface area contributed by atoms with E-state index in [0.717, 1.165) is 23.9 Å². The van der Waals surface area contributed by atoms with Crippen LogP contribution in [-0.4, -0.2) is 27.8 Å². The number of aryl methyl sites for hydroxylation is 1. The number of methoxy groups -OCH3 is 1. The Hall–Kier alpha value is -1.62. The van der Waals surface area contributed by atoms with E-state index in [1.807, 2.05) is 11.6 Å². The Balaban J connectivity index is 2.32. The maximum absolute atomic E-state index is 11.8. The maximum atomic E-state index is 11.8. The van der Waals surface area contributed by atoms with Crippen LogP contribution in [0.25, 0.3) is 11.0 Å². The zero-order chi connectivity index (χ0) is 12.9. The summed E-state index contributed by atoms with van der Waals surface area (Å²) >= 11 is 5.97. The minimum absolute atomic E-state index is 0.282. The third-order valence-electron chi connectivity index (χ3n) is 3.10. The van der Waals surface area contributed by atoms with Gasteiger partial charge in [-0.2, -0.15) is 5.10 Å². The molecule has 6 heteroatoms. The van der Waals surface area contributed by atoms with E-state index in [9.17, 15) is 4.79 Å². The third kappa shape index (κ3) is 1.66. The number of rotatable bonds is 2. The molecule has 1 saturated carbocycles. The third-order valence-corrected chi connectivity index (χ3v) is 3.30. The summed E-state index contributed by atoms with van der Waals surface area (Å²) in [6.45, 7) is 1.86. The lowest BCUT2D eigenvalue weighted by Crippen LogP contribution is -2.04. The van der Waals surface area contributed by atoms with Crippen LogP contribution in [-0.2, 0) is 4.74 Å². The molecule has 1 fully saturated rings. The first-order valence-corrected chi connectivity index (χ1v) is 6.13. The summed E-state index contributed by atoms with van der Waals surface area (Å²) in [5.74, 6) is -0.414. The fourth-order valence-corrected chi connectivity index (χ4v) is 2.32. The van der Waals surface area contributed by atoms with Crippen LogP contribution >= 0.6 is 11.6 Å². The van der Waals surface area contributed by atoms with Crippen LogP contribution in [0.3, 0.4) is 0 Å². The Morgan fingerprint density at radius 1 is 1.56 bits per heavy atom. The van der Waals surface area contributed by atoms with E-state index in [-0.39, 0.29) is 5.15 Å². The smallest absolute Gasteiger partial charge is 0.338 e. The van der Waals surface area contributed by atoms with Gasteiger partial charge < -0.3 is 4.74 Å². The normalized spacial score (nSPS) is 15.1. The van der Waals surface area contributed by atoms with Crippen LogP contribution in [0.15, 0.2) is 6.07 Å². The van der Waals surface area contributed by atoms with Crippen molar-refractivity contribution in [3.05, 3.63) is 22.5 Å². The number of halogens is 1. The van der Waals surface area contributed by atoms with Gasteiger partial charge in [0.1, 0.15) is 5.15 Å². The fraction of sp³-hybridized carbons (Fsp3) is 0.417. The van der Waals surface area contributed by atoms with Crippen LogP contribution in [0.2, 0.25) is 5.15 Å². The zero-order valence-corrected chi connectivity index (χ0v) is 10.9. The van der Waals surface area contributed by atoms with Crippen molar-refractivity contribution in [2.45, 2.75) is 25.8 Å². The SMILES string of the molecule is COC(=O)c1cc(Cl)nc2c1c(C)nn2C1CC1. The monoisotopic (exact) mass is 265 g/mol. The largest absolute Gasteiger partial charge is 0.465 e. The number of hydrogen-bond acceptors (Lipinski definition) is 4. The van der Waals surface area contributed by atoms with Gasteiger partial charge in [0.15, 0.2) is 5.65 Å². The van der Waals surface area contributed by atoms with Gasteiger partial charge >= 0.3 is 5.97 Å². The molecule has 0 saturated heterocycles. The average molecular weight is 266 g/mol. The molecule has 2 aromatic rings. The van der Waals surface area contributed by atoms with Crippen molar-refractivity contribution < 1.29 is 9.53 Å². The number of nitrogens with zero attached hydrogens (tertiary/aromatic N) is 3. The Labute approximate surface area is 109 Å². The molecule has 2 aromatic heterocycles. The molecule has 0 aromatic carbocycles. The quantitative estimate of drug-likeness (QED) is 0.618. The predicted molar refractivity (Wildman–Crippen MR) is 66.9 cm³/mol. The molecule has 0 amide bonds. The van der Waals surface area contributed by atoms with Crippen molar-refractivity contribution in [1.82, 2.24) is 14.8 Å². The van der Waals surface area contributed by atoms with Gasteiger partial charge in [0, 0.05) is 0 Å². The second-order valence-corrected chi connectivity index (χ2v) is 4.83. The van der Waals surface area contributed by atoms with Gasteiger partial charge in [0.05, 0.1) is 29.8 Å². The van der Waals surface area contributed by atoms with E-state index in [0.29, 0.717) is 17.3 Å². The molecular weight excluding hydrogens is 254 g/mol. The Morgan fingerprint density at radius 3 is 2.89 bits per heavy atom. The molecular formula is C12H12ClN3O2. The lowest BCUT2D eigenvalue weighted by atomic mass is 10.1. The number of hydrogen-bond donors (Lipinski definition) is 0. The molecule has 94 valence electrons. The number of esters is 1. The Kier molecular flexibility index (Phi) is 2.52. The second-order valence-electron chi connectivity index (χ2n) is 4.44. The molecule has 5 nitrogen and oxygen atoms in total. The molecule has 18 heavy (non-hydrogen) atoms. The van der Waals surface area contributed by atoms with E-state index in [4.69, 9.17) is 16.3 Å². The summed E-state index contributed by atoms with van der Waals surface area (Å²) in [5, 5.41) is 5.47. The van der Waals surface area contributed by atoms with Gasteiger partial charge in [0.25, 0.3) is 0 Å². The van der Waals surface area contributed by atoms with Crippen molar-refractivity contribution in [3.63, 3.8) is 0 Å². The van der Waals surface area contributed by atoms with E-state index < -0.39 is 5.97 Å². The first-order chi connectivity index (χ1) is 8.61. The average Bonchev–Trinajstić information content (AvgIpc) is 3.13. The topological polar surface area (TPSA) is 57.0 Å². The summed E-state index contributed by atoms with van der Waals surface area (Å²) in [6, 6.07) is 1.92. The molecule has 1 aliphatic rings. The van der Waals surface area contributed by atoms with E-state index >= 15 is 0 Å². The van der Waals surface area contributed by atoms with Crippen LogP contribution in [0.5, 0.6) is 0 Å². The summed E-state index contributed by atoms with van der Waals surface area (Å²) in [5.41, 5.74) is 1.88. The molecule has 0 N–H and O–H groups in total. The minimum Gasteiger partial charge on any atom is -0.465 e. The molecule has 3 rings (SSSR count). The number of fused-ring (bicyclic) bond motifs is 1. The second kappa shape index (κ2) is 3.95. The Morgan fingerprint density at radius 2 is 2.28 bits per heavy atom. The standard InChI is InChI=1S/C12H12ClN3O2/c1-6-10-8(12(17)18-2)5-9(13)14-11(10)16(15-6)7-3-4-7/h5,7H,3-4H2,1-2H3. The lowest BCUT2D eigenvalue weighted by Gasteiger charge is -2.03. The highest BCUT2D eigenvalue weighted by Crippen LogP contribution is 2.38. The molecule has 2 heterocycles. The van der Waals surface area contributed by atoms with Gasteiger partial charge in [-0.05, 0) is 25.8 Å². The van der Waals surface area contributed by atoms with E-state index in [1.165, 1.54) is 13.2 Å². The van der Waals surface area contributed by atoms with Gasteiger partial charge in [-0.1, -0.05) is 11.6 Å². The van der Waals surface area contributed by atoms with Gasteiger partial charge in [-0.25, -0.2) is 14.5 Å². The van der Waals surface area contributed by atoms with Crippen LogP contribution in [0.1, 0.15) is 34.9 Å². The molecule has 0 atom stereocenters. The number of carbonyl (C=O) groups excluding carboxylic acids is 1. The first-order valence-electron chi connectivity index (χ1n) is 5.75. The highest BCUT2D eigenvalue weighted by molar-refractivity contribution is 6.30. The van der Waals surface area contributed by atoms with Crippen LogP contribution in [0, 0.1) is 6.92 Å². The molecule has 0 bridgehead atoms. The predicted octanol–water partition coefficient (Wildman–Crippen LogP) is 2.51. The maximum Gasteiger partial charge on any atom is 0.338 e.